The highest BCUT2D eigenvalue weighted by Gasteiger charge is 2.45. The summed E-state index contributed by atoms with van der Waals surface area (Å²) in [6.07, 6.45) is 2.88. The molecule has 0 radical (unpaired) electrons. The molecule has 0 bridgehead atoms. The van der Waals surface area contributed by atoms with Gasteiger partial charge in [0.1, 0.15) is 0 Å². The van der Waals surface area contributed by atoms with E-state index in [0.29, 0.717) is 10.7 Å². The van der Waals surface area contributed by atoms with E-state index in [1.54, 1.807) is 6.07 Å². The molecule has 1 amide bonds. The molecule has 1 saturated carbocycles. The van der Waals surface area contributed by atoms with Gasteiger partial charge in [-0.05, 0) is 30.5 Å². The van der Waals surface area contributed by atoms with Crippen LogP contribution in [0.25, 0.3) is 0 Å². The number of benzene rings is 2. The van der Waals surface area contributed by atoms with Crippen molar-refractivity contribution in [3.63, 3.8) is 0 Å². The van der Waals surface area contributed by atoms with Crippen LogP contribution in [0.5, 0.6) is 0 Å². The average molecular weight is 286 g/mol. The zero-order valence-electron chi connectivity index (χ0n) is 11.1. The van der Waals surface area contributed by atoms with E-state index in [1.165, 1.54) is 0 Å². The molecule has 0 spiro atoms. The van der Waals surface area contributed by atoms with Crippen LogP contribution in [0, 0.1) is 0 Å². The van der Waals surface area contributed by atoms with Gasteiger partial charge in [-0.2, -0.15) is 0 Å². The average Bonchev–Trinajstić information content (AvgIpc) is 2.41. The van der Waals surface area contributed by atoms with E-state index in [4.69, 9.17) is 11.6 Å². The van der Waals surface area contributed by atoms with Crippen LogP contribution in [0.3, 0.4) is 0 Å². The maximum absolute atomic E-state index is 12.7. The maximum Gasteiger partial charge on any atom is 0.235 e. The fourth-order valence-electron chi connectivity index (χ4n) is 2.74. The van der Waals surface area contributed by atoms with E-state index in [-0.39, 0.29) is 11.3 Å². The van der Waals surface area contributed by atoms with Crippen LogP contribution in [-0.4, -0.2) is 5.91 Å². The number of carbonyl (C=O) groups excluding carboxylic acids is 1. The Bertz CT molecular complexity index is 620. The lowest BCUT2D eigenvalue weighted by atomic mass is 9.64. The first-order valence-electron chi connectivity index (χ1n) is 6.84. The summed E-state index contributed by atoms with van der Waals surface area (Å²) >= 11 is 6.11. The van der Waals surface area contributed by atoms with Crippen molar-refractivity contribution in [2.24, 2.45) is 0 Å². The van der Waals surface area contributed by atoms with E-state index in [9.17, 15) is 4.79 Å². The van der Waals surface area contributed by atoms with Gasteiger partial charge < -0.3 is 5.32 Å². The van der Waals surface area contributed by atoms with Crippen molar-refractivity contribution < 1.29 is 4.79 Å². The summed E-state index contributed by atoms with van der Waals surface area (Å²) in [5, 5.41) is 3.55. The summed E-state index contributed by atoms with van der Waals surface area (Å²) in [6, 6.07) is 17.4. The molecule has 1 N–H and O–H groups in total. The van der Waals surface area contributed by atoms with E-state index in [0.717, 1.165) is 24.8 Å². The molecule has 3 rings (SSSR count). The fourth-order valence-corrected chi connectivity index (χ4v) is 2.92. The lowest BCUT2D eigenvalue weighted by Crippen LogP contribution is -2.46. The van der Waals surface area contributed by atoms with Gasteiger partial charge in [0, 0.05) is 0 Å². The van der Waals surface area contributed by atoms with Crippen LogP contribution < -0.4 is 5.32 Å². The van der Waals surface area contributed by atoms with Crippen molar-refractivity contribution in [1.82, 2.24) is 0 Å². The Kier molecular flexibility index (Phi) is 3.49. The van der Waals surface area contributed by atoms with Crippen LogP contribution in [0.1, 0.15) is 24.8 Å². The highest BCUT2D eigenvalue weighted by molar-refractivity contribution is 6.33. The molecule has 0 aromatic heterocycles. The summed E-state index contributed by atoms with van der Waals surface area (Å²) in [6.45, 7) is 0. The Morgan fingerprint density at radius 1 is 1.00 bits per heavy atom. The standard InChI is InChI=1S/C17H16ClNO/c18-14-9-4-5-10-15(14)19-16(20)17(11-6-12-17)13-7-2-1-3-8-13/h1-5,7-10H,6,11-12H2,(H,19,20). The van der Waals surface area contributed by atoms with Gasteiger partial charge in [0.05, 0.1) is 16.1 Å². The van der Waals surface area contributed by atoms with Crippen molar-refractivity contribution in [1.29, 1.82) is 0 Å². The molecular weight excluding hydrogens is 270 g/mol. The van der Waals surface area contributed by atoms with Gasteiger partial charge in [0.2, 0.25) is 5.91 Å². The largest absolute Gasteiger partial charge is 0.324 e. The Labute approximate surface area is 123 Å². The molecule has 2 nitrogen and oxygen atoms in total. The first kappa shape index (κ1) is 13.2. The van der Waals surface area contributed by atoms with Crippen molar-refractivity contribution in [3.05, 3.63) is 65.2 Å². The molecule has 0 aliphatic heterocycles. The van der Waals surface area contributed by atoms with Crippen molar-refractivity contribution in [3.8, 4) is 0 Å². The summed E-state index contributed by atoms with van der Waals surface area (Å²) < 4.78 is 0. The lowest BCUT2D eigenvalue weighted by molar-refractivity contribution is -0.124. The molecule has 0 heterocycles. The Hall–Kier alpha value is -1.80. The number of carbonyl (C=O) groups is 1. The quantitative estimate of drug-likeness (QED) is 0.890. The van der Waals surface area contributed by atoms with E-state index in [1.807, 2.05) is 48.5 Å². The Balaban J connectivity index is 1.87. The number of halogens is 1. The van der Waals surface area contributed by atoms with Crippen LogP contribution in [0.4, 0.5) is 5.69 Å². The molecule has 3 heteroatoms. The minimum absolute atomic E-state index is 0.0445. The molecule has 1 fully saturated rings. The normalized spacial score (nSPS) is 16.2. The SMILES string of the molecule is O=C(Nc1ccccc1Cl)C1(c2ccccc2)CCC1. The minimum Gasteiger partial charge on any atom is -0.324 e. The van der Waals surface area contributed by atoms with Gasteiger partial charge in [0.15, 0.2) is 0 Å². The van der Waals surface area contributed by atoms with Crippen molar-refractivity contribution in [2.45, 2.75) is 24.7 Å². The third-order valence-corrected chi connectivity index (χ3v) is 4.42. The molecule has 0 saturated heterocycles. The van der Waals surface area contributed by atoms with Crippen molar-refractivity contribution >= 4 is 23.2 Å². The number of hydrogen-bond donors (Lipinski definition) is 1. The second-order valence-electron chi connectivity index (χ2n) is 5.24. The highest BCUT2D eigenvalue weighted by atomic mass is 35.5. The maximum atomic E-state index is 12.7. The molecule has 2 aromatic carbocycles. The third kappa shape index (κ3) is 2.20. The molecule has 1 aliphatic rings. The minimum atomic E-state index is -0.388. The number of anilines is 1. The summed E-state index contributed by atoms with van der Waals surface area (Å²) in [7, 11) is 0. The molecule has 0 atom stereocenters. The van der Waals surface area contributed by atoms with Gasteiger partial charge in [-0.15, -0.1) is 0 Å². The molecule has 20 heavy (non-hydrogen) atoms. The van der Waals surface area contributed by atoms with Gasteiger partial charge in [0.25, 0.3) is 0 Å². The molecule has 102 valence electrons. The van der Waals surface area contributed by atoms with Gasteiger partial charge >= 0.3 is 0 Å². The van der Waals surface area contributed by atoms with Gasteiger partial charge in [-0.3, -0.25) is 4.79 Å². The number of amides is 1. The van der Waals surface area contributed by atoms with Crippen LogP contribution in [0.15, 0.2) is 54.6 Å². The van der Waals surface area contributed by atoms with E-state index < -0.39 is 0 Å². The first-order valence-corrected chi connectivity index (χ1v) is 7.22. The molecule has 2 aromatic rings. The molecular formula is C17H16ClNO. The van der Waals surface area contributed by atoms with Crippen LogP contribution >= 0.6 is 11.6 Å². The zero-order valence-corrected chi connectivity index (χ0v) is 11.9. The molecule has 1 aliphatic carbocycles. The summed E-state index contributed by atoms with van der Waals surface area (Å²) in [5.41, 5.74) is 1.39. The predicted octanol–water partition coefficient (Wildman–Crippen LogP) is 4.40. The first-order chi connectivity index (χ1) is 9.72. The van der Waals surface area contributed by atoms with E-state index >= 15 is 0 Å². The third-order valence-electron chi connectivity index (χ3n) is 4.09. The summed E-state index contributed by atoms with van der Waals surface area (Å²) in [5.74, 6) is 0.0445. The van der Waals surface area contributed by atoms with Gasteiger partial charge in [-0.25, -0.2) is 0 Å². The van der Waals surface area contributed by atoms with Crippen LogP contribution in [0.2, 0.25) is 5.02 Å². The monoisotopic (exact) mass is 285 g/mol. The summed E-state index contributed by atoms with van der Waals surface area (Å²) in [4.78, 5) is 12.7. The lowest BCUT2D eigenvalue weighted by Gasteiger charge is -2.40. The zero-order chi connectivity index (χ0) is 14.0. The Morgan fingerprint density at radius 2 is 1.65 bits per heavy atom. The molecule has 0 unspecified atom stereocenters. The second-order valence-corrected chi connectivity index (χ2v) is 5.64. The second kappa shape index (κ2) is 5.29. The number of hydrogen-bond acceptors (Lipinski definition) is 1. The number of rotatable bonds is 3. The van der Waals surface area contributed by atoms with Crippen molar-refractivity contribution in [2.75, 3.05) is 5.32 Å². The number of para-hydroxylation sites is 1. The Morgan fingerprint density at radius 3 is 2.25 bits per heavy atom. The highest BCUT2D eigenvalue weighted by Crippen LogP contribution is 2.44. The van der Waals surface area contributed by atoms with Gasteiger partial charge in [-0.1, -0.05) is 60.5 Å². The van der Waals surface area contributed by atoms with Crippen LogP contribution in [-0.2, 0) is 10.2 Å². The number of nitrogens with one attached hydrogen (secondary N) is 1. The predicted molar refractivity (Wildman–Crippen MR) is 82.1 cm³/mol. The fraction of sp³-hybridized carbons (Fsp3) is 0.235. The van der Waals surface area contributed by atoms with E-state index in [2.05, 4.69) is 5.32 Å². The smallest absolute Gasteiger partial charge is 0.235 e. The topological polar surface area (TPSA) is 29.1 Å².